The zero-order valence-corrected chi connectivity index (χ0v) is 13.7. The van der Waals surface area contributed by atoms with Gasteiger partial charge in [0.15, 0.2) is 5.78 Å². The largest absolute Gasteiger partial charge is 0.461 e. The number of esters is 1. The zero-order valence-electron chi connectivity index (χ0n) is 13.7. The van der Waals surface area contributed by atoms with Crippen molar-refractivity contribution in [1.82, 2.24) is 9.97 Å². The summed E-state index contributed by atoms with van der Waals surface area (Å²) >= 11 is 0. The number of carbonyl (C=O) groups is 2. The number of ketones is 1. The molecule has 5 nitrogen and oxygen atoms in total. The van der Waals surface area contributed by atoms with E-state index in [1.165, 1.54) is 12.5 Å². The van der Waals surface area contributed by atoms with Crippen LogP contribution >= 0.6 is 0 Å². The van der Waals surface area contributed by atoms with E-state index >= 15 is 0 Å². The number of H-pyrrole nitrogens is 2. The van der Waals surface area contributed by atoms with Crippen molar-refractivity contribution in [2.24, 2.45) is 0 Å². The second-order valence-electron chi connectivity index (χ2n) is 5.53. The summed E-state index contributed by atoms with van der Waals surface area (Å²) in [4.78, 5) is 30.3. The van der Waals surface area contributed by atoms with E-state index in [9.17, 15) is 9.59 Å². The molecule has 0 amide bonds. The molecule has 22 heavy (non-hydrogen) atoms. The molecule has 0 bridgehead atoms. The quantitative estimate of drug-likeness (QED) is 0.657. The molecule has 2 aromatic rings. The van der Waals surface area contributed by atoms with E-state index in [0.29, 0.717) is 29.8 Å². The lowest BCUT2D eigenvalue weighted by molar-refractivity contribution is 0.0519. The molecule has 2 rings (SSSR count). The minimum absolute atomic E-state index is 0.0562. The average molecular weight is 302 g/mol. The van der Waals surface area contributed by atoms with Gasteiger partial charge in [-0.15, -0.1) is 0 Å². The molecule has 0 aliphatic rings. The molecular weight excluding hydrogens is 280 g/mol. The van der Waals surface area contributed by atoms with Crippen molar-refractivity contribution in [3.63, 3.8) is 0 Å². The van der Waals surface area contributed by atoms with Gasteiger partial charge in [-0.3, -0.25) is 4.79 Å². The van der Waals surface area contributed by atoms with Crippen molar-refractivity contribution in [2.45, 2.75) is 41.0 Å². The summed E-state index contributed by atoms with van der Waals surface area (Å²) < 4.78 is 5.04. The number of hydrogen-bond acceptors (Lipinski definition) is 3. The van der Waals surface area contributed by atoms with Gasteiger partial charge in [-0.05, 0) is 51.8 Å². The van der Waals surface area contributed by atoms with Gasteiger partial charge in [0.25, 0.3) is 0 Å². The van der Waals surface area contributed by atoms with Crippen LogP contribution < -0.4 is 0 Å². The maximum atomic E-state index is 12.0. The number of nitrogens with one attached hydrogen (secondary N) is 2. The van der Waals surface area contributed by atoms with Crippen LogP contribution in [-0.2, 0) is 11.2 Å². The Bertz CT molecular complexity index is 703. The molecule has 0 aliphatic heterocycles. The molecule has 2 aromatic heterocycles. The molecule has 5 heteroatoms. The molecule has 0 unspecified atom stereocenters. The van der Waals surface area contributed by atoms with Gasteiger partial charge in [-0.2, -0.15) is 0 Å². The fourth-order valence-electron chi connectivity index (χ4n) is 2.71. The second-order valence-corrected chi connectivity index (χ2v) is 5.53. The number of carbonyl (C=O) groups excluding carboxylic acids is 2. The average Bonchev–Trinajstić information content (AvgIpc) is 2.91. The van der Waals surface area contributed by atoms with Crippen LogP contribution in [0.5, 0.6) is 0 Å². The van der Waals surface area contributed by atoms with Gasteiger partial charge >= 0.3 is 5.97 Å². The Morgan fingerprint density at radius 3 is 2.36 bits per heavy atom. The van der Waals surface area contributed by atoms with Gasteiger partial charge in [0, 0.05) is 29.1 Å². The lowest BCUT2D eigenvalue weighted by Crippen LogP contribution is -2.07. The Morgan fingerprint density at radius 1 is 1.18 bits per heavy atom. The minimum atomic E-state index is -0.424. The van der Waals surface area contributed by atoms with Crippen LogP contribution in [0.3, 0.4) is 0 Å². The van der Waals surface area contributed by atoms with Crippen LogP contribution in [0, 0.1) is 20.8 Å². The zero-order chi connectivity index (χ0) is 16.4. The Kier molecular flexibility index (Phi) is 4.54. The first kappa shape index (κ1) is 16.1. The number of aromatic amines is 2. The number of rotatable bonds is 5. The third-order valence-electron chi connectivity index (χ3n) is 3.86. The molecule has 0 aliphatic carbocycles. The summed E-state index contributed by atoms with van der Waals surface area (Å²) in [5, 5.41) is 0. The van der Waals surface area contributed by atoms with E-state index in [2.05, 4.69) is 16.0 Å². The van der Waals surface area contributed by atoms with Gasteiger partial charge in [-0.1, -0.05) is 0 Å². The van der Waals surface area contributed by atoms with Gasteiger partial charge in [-0.25, -0.2) is 4.79 Å². The van der Waals surface area contributed by atoms with Crippen molar-refractivity contribution < 1.29 is 14.3 Å². The molecule has 118 valence electrons. The van der Waals surface area contributed by atoms with Gasteiger partial charge in [0.05, 0.1) is 6.61 Å². The standard InChI is InChI=1S/C17H22N2O3/c1-6-22-17(21)16-10(3)15(12(5)20)14(19-16)8-13-7-9(2)11(4)18-13/h7,18-19H,6,8H2,1-5H3. The number of Topliss-reactive ketones (excluding diaryl/α,β-unsaturated/α-hetero) is 1. The van der Waals surface area contributed by atoms with Crippen LogP contribution in [0.2, 0.25) is 0 Å². The molecule has 0 radical (unpaired) electrons. The highest BCUT2D eigenvalue weighted by Gasteiger charge is 2.23. The smallest absolute Gasteiger partial charge is 0.355 e. The predicted molar refractivity (Wildman–Crippen MR) is 84.6 cm³/mol. The van der Waals surface area contributed by atoms with Crippen molar-refractivity contribution >= 4 is 11.8 Å². The van der Waals surface area contributed by atoms with Crippen LogP contribution in [0.1, 0.15) is 62.9 Å². The highest BCUT2D eigenvalue weighted by Crippen LogP contribution is 2.23. The Morgan fingerprint density at radius 2 is 1.86 bits per heavy atom. The van der Waals surface area contributed by atoms with Crippen molar-refractivity contribution in [1.29, 1.82) is 0 Å². The van der Waals surface area contributed by atoms with E-state index in [1.54, 1.807) is 13.8 Å². The maximum Gasteiger partial charge on any atom is 0.355 e. The van der Waals surface area contributed by atoms with Gasteiger partial charge in [0.1, 0.15) is 5.69 Å². The van der Waals surface area contributed by atoms with E-state index < -0.39 is 5.97 Å². The summed E-state index contributed by atoms with van der Waals surface area (Å²) in [5.41, 5.74) is 5.63. The van der Waals surface area contributed by atoms with Crippen LogP contribution in [0.25, 0.3) is 0 Å². The Balaban J connectivity index is 2.43. The predicted octanol–water partition coefficient (Wildman–Crippen LogP) is 3.24. The fourth-order valence-corrected chi connectivity index (χ4v) is 2.71. The number of aryl methyl sites for hydroxylation is 2. The molecule has 0 saturated heterocycles. The molecule has 0 aromatic carbocycles. The Hall–Kier alpha value is -2.30. The summed E-state index contributed by atoms with van der Waals surface area (Å²) in [5.74, 6) is -0.480. The molecule has 2 N–H and O–H groups in total. The summed E-state index contributed by atoms with van der Waals surface area (Å²) in [7, 11) is 0. The number of hydrogen-bond donors (Lipinski definition) is 2. The van der Waals surface area contributed by atoms with E-state index in [-0.39, 0.29) is 5.78 Å². The SMILES string of the molecule is CCOC(=O)c1[nH]c(Cc2cc(C)c(C)[nH]2)c(C(C)=O)c1C. The highest BCUT2D eigenvalue weighted by molar-refractivity contribution is 6.01. The van der Waals surface area contributed by atoms with Crippen molar-refractivity contribution in [3.8, 4) is 0 Å². The lowest BCUT2D eigenvalue weighted by Gasteiger charge is -2.00. The second kappa shape index (κ2) is 6.22. The van der Waals surface area contributed by atoms with E-state index in [4.69, 9.17) is 4.74 Å². The Labute approximate surface area is 130 Å². The molecule has 0 spiro atoms. The third-order valence-corrected chi connectivity index (χ3v) is 3.86. The lowest BCUT2D eigenvalue weighted by atomic mass is 10.0. The first-order chi connectivity index (χ1) is 10.3. The van der Waals surface area contributed by atoms with E-state index in [1.807, 2.05) is 13.8 Å². The summed E-state index contributed by atoms with van der Waals surface area (Å²) in [6.07, 6.45) is 0.545. The number of aromatic nitrogens is 2. The fraction of sp³-hybridized carbons (Fsp3) is 0.412. The molecule has 2 heterocycles. The summed E-state index contributed by atoms with van der Waals surface area (Å²) in [6, 6.07) is 2.06. The summed E-state index contributed by atoms with van der Waals surface area (Å²) in [6.45, 7) is 9.39. The minimum Gasteiger partial charge on any atom is -0.461 e. The van der Waals surface area contributed by atoms with Crippen LogP contribution in [-0.4, -0.2) is 28.3 Å². The van der Waals surface area contributed by atoms with Crippen molar-refractivity contribution in [2.75, 3.05) is 6.61 Å². The van der Waals surface area contributed by atoms with Crippen LogP contribution in [0.4, 0.5) is 0 Å². The normalized spacial score (nSPS) is 10.8. The van der Waals surface area contributed by atoms with Gasteiger partial charge < -0.3 is 14.7 Å². The highest BCUT2D eigenvalue weighted by atomic mass is 16.5. The first-order valence-corrected chi connectivity index (χ1v) is 7.39. The third kappa shape index (κ3) is 2.98. The molecule has 0 fully saturated rings. The number of ether oxygens (including phenoxy) is 1. The molecule has 0 saturated carbocycles. The van der Waals surface area contributed by atoms with E-state index in [0.717, 1.165) is 17.1 Å². The topological polar surface area (TPSA) is 75.0 Å². The maximum absolute atomic E-state index is 12.0. The van der Waals surface area contributed by atoms with Crippen molar-refractivity contribution in [3.05, 3.63) is 45.5 Å². The van der Waals surface area contributed by atoms with Gasteiger partial charge in [0.2, 0.25) is 0 Å². The molecule has 0 atom stereocenters. The monoisotopic (exact) mass is 302 g/mol. The first-order valence-electron chi connectivity index (χ1n) is 7.39. The van der Waals surface area contributed by atoms with Crippen LogP contribution in [0.15, 0.2) is 6.07 Å². The molecular formula is C17H22N2O3.